The Bertz CT molecular complexity index is 809. The van der Waals surface area contributed by atoms with Gasteiger partial charge in [-0.3, -0.25) is 4.18 Å². The number of ether oxygens (including phenoxy) is 1. The topological polar surface area (TPSA) is 89.9 Å². The summed E-state index contributed by atoms with van der Waals surface area (Å²) in [6, 6.07) is 3.24. The van der Waals surface area contributed by atoms with Gasteiger partial charge in [0.25, 0.3) is 10.1 Å². The average Bonchev–Trinajstić information content (AvgIpc) is 2.65. The molecule has 0 aliphatic heterocycles. The highest BCUT2D eigenvalue weighted by molar-refractivity contribution is 7.86. The van der Waals surface area contributed by atoms with Gasteiger partial charge in [-0.1, -0.05) is 80.6 Å². The number of rotatable bonds is 12. The number of hydrogen-bond donors (Lipinski definition) is 1. The van der Waals surface area contributed by atoms with Crippen molar-refractivity contribution in [2.24, 2.45) is 0 Å². The van der Waals surface area contributed by atoms with Gasteiger partial charge in [-0.05, 0) is 29.4 Å². The molecule has 1 rings (SSSR count). The lowest BCUT2D eigenvalue weighted by Gasteiger charge is -2.27. The number of carbonyl (C=O) groups excluding carboxylic acids is 1. The van der Waals surface area contributed by atoms with Crippen molar-refractivity contribution in [1.29, 1.82) is 0 Å². The Labute approximate surface area is 194 Å². The Kier molecular flexibility index (Phi) is 10.7. The molecule has 1 aromatic carbocycles. The van der Waals surface area contributed by atoms with E-state index in [1.165, 1.54) is 12.8 Å². The highest BCUT2D eigenvalue weighted by Crippen LogP contribution is 2.39. The Morgan fingerprint density at radius 2 is 1.38 bits per heavy atom. The molecule has 0 atom stereocenters. The molecule has 0 aromatic heterocycles. The molecule has 7 heteroatoms. The fourth-order valence-electron chi connectivity index (χ4n) is 3.34. The Morgan fingerprint density at radius 3 is 1.88 bits per heavy atom. The maximum atomic E-state index is 12.6. The SMILES string of the molecule is CCCCCCCCOS(=O)(=O)CCOC(=O)c1cc(C(C)(C)C)c(O)c(C(C)(C)C)c1. The van der Waals surface area contributed by atoms with E-state index in [1.54, 1.807) is 12.1 Å². The summed E-state index contributed by atoms with van der Waals surface area (Å²) >= 11 is 0. The third-order valence-electron chi connectivity index (χ3n) is 5.29. The number of hydrogen-bond acceptors (Lipinski definition) is 6. The first-order valence-electron chi connectivity index (χ1n) is 11.6. The summed E-state index contributed by atoms with van der Waals surface area (Å²) in [5, 5.41) is 10.8. The maximum Gasteiger partial charge on any atom is 0.338 e. The fraction of sp³-hybridized carbons (Fsp3) is 0.720. The van der Waals surface area contributed by atoms with E-state index < -0.39 is 16.1 Å². The Hall–Kier alpha value is -1.60. The third kappa shape index (κ3) is 9.49. The van der Waals surface area contributed by atoms with Crippen LogP contribution in [0, 0.1) is 0 Å². The Balaban J connectivity index is 2.71. The van der Waals surface area contributed by atoms with E-state index in [1.807, 2.05) is 41.5 Å². The van der Waals surface area contributed by atoms with Crippen LogP contribution in [0.25, 0.3) is 0 Å². The maximum absolute atomic E-state index is 12.6. The van der Waals surface area contributed by atoms with Gasteiger partial charge in [0.2, 0.25) is 0 Å². The van der Waals surface area contributed by atoms with Gasteiger partial charge < -0.3 is 9.84 Å². The van der Waals surface area contributed by atoms with Crippen molar-refractivity contribution in [1.82, 2.24) is 0 Å². The molecule has 6 nitrogen and oxygen atoms in total. The molecule has 0 bridgehead atoms. The van der Waals surface area contributed by atoms with Crippen molar-refractivity contribution in [3.8, 4) is 5.75 Å². The molecule has 0 heterocycles. The standard InChI is InChI=1S/C25H42O6S/c1-8-9-10-11-12-13-14-31-32(28,29)16-15-30-23(27)19-17-20(24(2,3)4)22(26)21(18-19)25(5,6)7/h17-18,26H,8-16H2,1-7H3. The van der Waals surface area contributed by atoms with Gasteiger partial charge in [0.15, 0.2) is 0 Å². The van der Waals surface area contributed by atoms with Crippen molar-refractivity contribution < 1.29 is 27.2 Å². The van der Waals surface area contributed by atoms with Crippen molar-refractivity contribution in [3.05, 3.63) is 28.8 Å². The van der Waals surface area contributed by atoms with Gasteiger partial charge in [0, 0.05) is 11.1 Å². The number of carbonyl (C=O) groups is 1. The van der Waals surface area contributed by atoms with Crippen LogP contribution in [0.1, 0.15) is 108 Å². The first kappa shape index (κ1) is 28.4. The average molecular weight is 471 g/mol. The van der Waals surface area contributed by atoms with Gasteiger partial charge in [-0.2, -0.15) is 8.42 Å². The van der Waals surface area contributed by atoms with Gasteiger partial charge in [0.1, 0.15) is 18.1 Å². The lowest BCUT2D eigenvalue weighted by Crippen LogP contribution is -2.21. The minimum atomic E-state index is -3.74. The van der Waals surface area contributed by atoms with Crippen LogP contribution in [-0.2, 0) is 29.9 Å². The normalized spacial score (nSPS) is 12.7. The molecule has 0 spiro atoms. The summed E-state index contributed by atoms with van der Waals surface area (Å²) in [4.78, 5) is 12.6. The molecule has 32 heavy (non-hydrogen) atoms. The molecule has 0 unspecified atom stereocenters. The summed E-state index contributed by atoms with van der Waals surface area (Å²) in [5.74, 6) is -0.829. The first-order chi connectivity index (χ1) is 14.7. The summed E-state index contributed by atoms with van der Waals surface area (Å²) in [7, 11) is -3.74. The van der Waals surface area contributed by atoms with Gasteiger partial charge in [0.05, 0.1) is 12.2 Å². The second kappa shape index (κ2) is 12.0. The third-order valence-corrected chi connectivity index (χ3v) is 6.48. The van der Waals surface area contributed by atoms with E-state index in [9.17, 15) is 18.3 Å². The molecule has 0 saturated heterocycles. The van der Waals surface area contributed by atoms with Crippen molar-refractivity contribution in [2.75, 3.05) is 19.0 Å². The van der Waals surface area contributed by atoms with E-state index in [2.05, 4.69) is 6.92 Å². The molecule has 1 N–H and O–H groups in total. The van der Waals surface area contributed by atoms with E-state index >= 15 is 0 Å². The summed E-state index contributed by atoms with van der Waals surface area (Å²) in [6.45, 7) is 13.8. The second-order valence-corrected chi connectivity index (χ2v) is 12.2. The number of unbranched alkanes of at least 4 members (excludes halogenated alkanes) is 5. The number of esters is 1. The summed E-state index contributed by atoms with van der Waals surface area (Å²) in [6.07, 6.45) is 6.24. The summed E-state index contributed by atoms with van der Waals surface area (Å²) < 4.78 is 34.4. The molecule has 0 aliphatic rings. The molecule has 184 valence electrons. The molecule has 1 aromatic rings. The van der Waals surface area contributed by atoms with Crippen LogP contribution in [0.3, 0.4) is 0 Å². The number of aromatic hydroxyl groups is 1. The Morgan fingerprint density at radius 1 is 0.875 bits per heavy atom. The zero-order valence-corrected chi connectivity index (χ0v) is 21.7. The number of benzene rings is 1. The van der Waals surface area contributed by atoms with Crippen LogP contribution in [0.5, 0.6) is 5.75 Å². The number of phenols is 1. The van der Waals surface area contributed by atoms with E-state index in [0.717, 1.165) is 19.3 Å². The van der Waals surface area contributed by atoms with Gasteiger partial charge >= 0.3 is 5.97 Å². The largest absolute Gasteiger partial charge is 0.507 e. The predicted octanol–water partition coefficient (Wildman–Crippen LogP) is 5.85. The van der Waals surface area contributed by atoms with Gasteiger partial charge in [-0.25, -0.2) is 4.79 Å². The minimum Gasteiger partial charge on any atom is -0.507 e. The van der Waals surface area contributed by atoms with E-state index in [4.69, 9.17) is 8.92 Å². The quantitative estimate of drug-likeness (QED) is 0.234. The van der Waals surface area contributed by atoms with Gasteiger partial charge in [-0.15, -0.1) is 0 Å². The minimum absolute atomic E-state index is 0.157. The molecule has 0 radical (unpaired) electrons. The summed E-state index contributed by atoms with van der Waals surface area (Å²) in [5.41, 5.74) is 0.823. The molecular weight excluding hydrogens is 428 g/mol. The number of phenolic OH excluding ortho intramolecular Hbond substituents is 1. The first-order valence-corrected chi connectivity index (χ1v) is 13.2. The monoisotopic (exact) mass is 470 g/mol. The molecule has 0 saturated carbocycles. The molecule has 0 fully saturated rings. The van der Waals surface area contributed by atoms with Crippen LogP contribution in [0.4, 0.5) is 0 Å². The smallest absolute Gasteiger partial charge is 0.338 e. The van der Waals surface area contributed by atoms with Crippen LogP contribution in [0.15, 0.2) is 12.1 Å². The zero-order chi connectivity index (χ0) is 24.6. The van der Waals surface area contributed by atoms with Crippen LogP contribution < -0.4 is 0 Å². The van der Waals surface area contributed by atoms with Crippen LogP contribution in [-0.4, -0.2) is 38.5 Å². The van der Waals surface area contributed by atoms with E-state index in [0.29, 0.717) is 23.1 Å². The second-order valence-electron chi connectivity index (χ2n) is 10.4. The molecular formula is C25H42O6S. The lowest BCUT2D eigenvalue weighted by atomic mass is 9.78. The highest BCUT2D eigenvalue weighted by Gasteiger charge is 2.28. The van der Waals surface area contributed by atoms with Crippen molar-refractivity contribution >= 4 is 16.1 Å². The van der Waals surface area contributed by atoms with Crippen molar-refractivity contribution in [2.45, 2.75) is 97.8 Å². The predicted molar refractivity (Wildman–Crippen MR) is 129 cm³/mol. The molecule has 0 aliphatic carbocycles. The lowest BCUT2D eigenvalue weighted by molar-refractivity contribution is 0.0527. The molecule has 0 amide bonds. The van der Waals surface area contributed by atoms with E-state index in [-0.39, 0.29) is 35.5 Å². The zero-order valence-electron chi connectivity index (χ0n) is 20.9. The van der Waals surface area contributed by atoms with Crippen LogP contribution in [0.2, 0.25) is 0 Å². The fourth-order valence-corrected chi connectivity index (χ4v) is 4.12. The van der Waals surface area contributed by atoms with Crippen molar-refractivity contribution in [3.63, 3.8) is 0 Å². The van der Waals surface area contributed by atoms with Crippen LogP contribution >= 0.6 is 0 Å². The highest BCUT2D eigenvalue weighted by atomic mass is 32.2.